The maximum absolute atomic E-state index is 13.0. The second-order valence-corrected chi connectivity index (χ2v) is 3.91. The number of oxazole rings is 1. The summed E-state index contributed by atoms with van der Waals surface area (Å²) >= 11 is 0. The minimum absolute atomic E-state index is 0.0263. The number of carbonyl (C=O) groups excluding carboxylic acids is 1. The Kier molecular flexibility index (Phi) is 3.32. The quantitative estimate of drug-likeness (QED) is 0.815. The van der Waals surface area contributed by atoms with Crippen LogP contribution in [0.3, 0.4) is 0 Å². The molecule has 0 unspecified atom stereocenters. The van der Waals surface area contributed by atoms with Gasteiger partial charge in [0, 0.05) is 6.42 Å². The monoisotopic (exact) mass is 233 g/mol. The van der Waals surface area contributed by atoms with E-state index in [4.69, 9.17) is 4.42 Å². The molecule has 1 aromatic heterocycles. The molecule has 0 saturated carbocycles. The third kappa shape index (κ3) is 3.24. The Morgan fingerprint density at radius 3 is 3.00 bits per heavy atom. The Morgan fingerprint density at radius 1 is 1.47 bits per heavy atom. The molecule has 0 bridgehead atoms. The lowest BCUT2D eigenvalue weighted by Gasteiger charge is -1.97. The highest BCUT2D eigenvalue weighted by Gasteiger charge is 2.07. The normalized spacial score (nSPS) is 10.5. The average molecular weight is 233 g/mol. The van der Waals surface area contributed by atoms with Crippen molar-refractivity contribution >= 4 is 5.78 Å². The topological polar surface area (TPSA) is 43.1 Å². The highest BCUT2D eigenvalue weighted by atomic mass is 19.1. The van der Waals surface area contributed by atoms with E-state index in [9.17, 15) is 9.18 Å². The van der Waals surface area contributed by atoms with Crippen LogP contribution in [0.5, 0.6) is 0 Å². The zero-order valence-electron chi connectivity index (χ0n) is 9.44. The van der Waals surface area contributed by atoms with E-state index in [1.165, 1.54) is 25.3 Å². The Bertz CT molecular complexity index is 534. The number of aromatic nitrogens is 1. The predicted octanol–water partition coefficient (Wildman–Crippen LogP) is 2.54. The second kappa shape index (κ2) is 4.91. The standard InChI is InChI=1S/C13H12FNO2/c1-9(16)5-12-8-15-13(17-12)7-10-3-2-4-11(14)6-10/h2-4,6,8H,5,7H2,1H3. The first kappa shape index (κ1) is 11.5. The zero-order chi connectivity index (χ0) is 12.3. The number of halogens is 1. The van der Waals surface area contributed by atoms with Gasteiger partial charge >= 0.3 is 0 Å². The Morgan fingerprint density at radius 2 is 2.29 bits per heavy atom. The van der Waals surface area contributed by atoms with Gasteiger partial charge in [-0.1, -0.05) is 12.1 Å². The molecule has 2 rings (SSSR count). The van der Waals surface area contributed by atoms with Gasteiger partial charge in [-0.2, -0.15) is 0 Å². The summed E-state index contributed by atoms with van der Waals surface area (Å²) in [5.74, 6) is 0.784. The van der Waals surface area contributed by atoms with E-state index < -0.39 is 0 Å². The summed E-state index contributed by atoms with van der Waals surface area (Å²) < 4.78 is 18.3. The molecule has 0 atom stereocenters. The van der Waals surface area contributed by atoms with Crippen molar-refractivity contribution in [1.82, 2.24) is 4.98 Å². The molecule has 2 aromatic rings. The van der Waals surface area contributed by atoms with Crippen molar-refractivity contribution in [2.24, 2.45) is 0 Å². The minimum Gasteiger partial charge on any atom is -0.445 e. The predicted molar refractivity (Wildman–Crippen MR) is 60.1 cm³/mol. The first-order valence-corrected chi connectivity index (χ1v) is 5.31. The number of Topliss-reactive ketones (excluding diaryl/α,β-unsaturated/α-hetero) is 1. The van der Waals surface area contributed by atoms with Crippen LogP contribution in [-0.2, 0) is 17.6 Å². The summed E-state index contributed by atoms with van der Waals surface area (Å²) in [5.41, 5.74) is 0.793. The molecule has 0 aliphatic heterocycles. The van der Waals surface area contributed by atoms with Crippen LogP contribution in [0.2, 0.25) is 0 Å². The third-order valence-electron chi connectivity index (χ3n) is 2.27. The van der Waals surface area contributed by atoms with Gasteiger partial charge in [0.05, 0.1) is 12.6 Å². The molecule has 88 valence electrons. The van der Waals surface area contributed by atoms with Crippen LogP contribution in [0, 0.1) is 5.82 Å². The first-order valence-electron chi connectivity index (χ1n) is 5.31. The molecule has 17 heavy (non-hydrogen) atoms. The lowest BCUT2D eigenvalue weighted by molar-refractivity contribution is -0.116. The van der Waals surface area contributed by atoms with E-state index in [0.29, 0.717) is 18.1 Å². The number of rotatable bonds is 4. The van der Waals surface area contributed by atoms with Crippen LogP contribution in [0.25, 0.3) is 0 Å². The van der Waals surface area contributed by atoms with Crippen LogP contribution < -0.4 is 0 Å². The van der Waals surface area contributed by atoms with Gasteiger partial charge in [-0.3, -0.25) is 4.79 Å². The molecule has 1 aromatic carbocycles. The van der Waals surface area contributed by atoms with Gasteiger partial charge < -0.3 is 4.42 Å². The molecule has 0 saturated heterocycles. The summed E-state index contributed by atoms with van der Waals surface area (Å²) in [4.78, 5) is 14.9. The fourth-order valence-corrected chi connectivity index (χ4v) is 1.58. The van der Waals surface area contributed by atoms with Crippen LogP contribution in [0.15, 0.2) is 34.9 Å². The van der Waals surface area contributed by atoms with E-state index in [0.717, 1.165) is 5.56 Å². The van der Waals surface area contributed by atoms with Gasteiger partial charge in [-0.15, -0.1) is 0 Å². The van der Waals surface area contributed by atoms with Gasteiger partial charge in [0.25, 0.3) is 0 Å². The number of nitrogens with zero attached hydrogens (tertiary/aromatic N) is 1. The Balaban J connectivity index is 2.08. The molecular formula is C13H12FNO2. The van der Waals surface area contributed by atoms with E-state index >= 15 is 0 Å². The molecule has 0 spiro atoms. The maximum Gasteiger partial charge on any atom is 0.198 e. The summed E-state index contributed by atoms with van der Waals surface area (Å²) in [6.45, 7) is 1.49. The number of carbonyl (C=O) groups is 1. The Hall–Kier alpha value is -1.97. The summed E-state index contributed by atoms with van der Waals surface area (Å²) in [7, 11) is 0. The zero-order valence-corrected chi connectivity index (χ0v) is 9.44. The minimum atomic E-state index is -0.280. The van der Waals surface area contributed by atoms with Crippen molar-refractivity contribution in [2.45, 2.75) is 19.8 Å². The van der Waals surface area contributed by atoms with Crippen LogP contribution in [0.4, 0.5) is 4.39 Å². The van der Waals surface area contributed by atoms with Gasteiger partial charge in [0.15, 0.2) is 5.89 Å². The molecule has 1 heterocycles. The molecule has 0 fully saturated rings. The lowest BCUT2D eigenvalue weighted by Crippen LogP contribution is -1.93. The maximum atomic E-state index is 13.0. The molecule has 0 amide bonds. The second-order valence-electron chi connectivity index (χ2n) is 3.91. The Labute approximate surface area is 98.3 Å². The van der Waals surface area contributed by atoms with Crippen LogP contribution in [0.1, 0.15) is 24.1 Å². The summed E-state index contributed by atoms with van der Waals surface area (Å²) in [6.07, 6.45) is 2.21. The fraction of sp³-hybridized carbons (Fsp3) is 0.231. The summed E-state index contributed by atoms with van der Waals surface area (Å²) in [6, 6.07) is 6.27. The van der Waals surface area contributed by atoms with Crippen molar-refractivity contribution in [3.8, 4) is 0 Å². The fourth-order valence-electron chi connectivity index (χ4n) is 1.58. The smallest absolute Gasteiger partial charge is 0.198 e. The SMILES string of the molecule is CC(=O)Cc1cnc(Cc2cccc(F)c2)o1. The number of ketones is 1. The van der Waals surface area contributed by atoms with Crippen molar-refractivity contribution in [2.75, 3.05) is 0 Å². The number of hydrogen-bond acceptors (Lipinski definition) is 3. The molecule has 4 heteroatoms. The van der Waals surface area contributed by atoms with Gasteiger partial charge in [-0.05, 0) is 24.6 Å². The third-order valence-corrected chi connectivity index (χ3v) is 2.27. The molecule has 3 nitrogen and oxygen atoms in total. The average Bonchev–Trinajstić information content (AvgIpc) is 2.64. The first-order chi connectivity index (χ1) is 8.13. The molecule has 0 aliphatic rings. The molecule has 0 radical (unpaired) electrons. The largest absolute Gasteiger partial charge is 0.445 e. The van der Waals surface area contributed by atoms with Crippen LogP contribution in [-0.4, -0.2) is 10.8 Å². The molecule has 0 aliphatic carbocycles. The van der Waals surface area contributed by atoms with E-state index in [-0.39, 0.29) is 18.0 Å². The van der Waals surface area contributed by atoms with Crippen LogP contribution >= 0.6 is 0 Å². The van der Waals surface area contributed by atoms with Crippen molar-refractivity contribution in [1.29, 1.82) is 0 Å². The van der Waals surface area contributed by atoms with Gasteiger partial charge in [0.1, 0.15) is 17.4 Å². The summed E-state index contributed by atoms with van der Waals surface area (Å²) in [5, 5.41) is 0. The lowest BCUT2D eigenvalue weighted by atomic mass is 10.1. The van der Waals surface area contributed by atoms with E-state index in [2.05, 4.69) is 4.98 Å². The number of hydrogen-bond donors (Lipinski definition) is 0. The van der Waals surface area contributed by atoms with Gasteiger partial charge in [0.2, 0.25) is 0 Å². The highest BCUT2D eigenvalue weighted by molar-refractivity contribution is 5.77. The number of benzene rings is 1. The van der Waals surface area contributed by atoms with E-state index in [1.807, 2.05) is 0 Å². The van der Waals surface area contributed by atoms with Crippen molar-refractivity contribution in [3.63, 3.8) is 0 Å². The van der Waals surface area contributed by atoms with E-state index in [1.54, 1.807) is 12.1 Å². The van der Waals surface area contributed by atoms with Crippen molar-refractivity contribution < 1.29 is 13.6 Å². The van der Waals surface area contributed by atoms with Crippen molar-refractivity contribution in [3.05, 3.63) is 53.5 Å². The molecular weight excluding hydrogens is 221 g/mol. The van der Waals surface area contributed by atoms with Gasteiger partial charge in [-0.25, -0.2) is 9.37 Å². The highest BCUT2D eigenvalue weighted by Crippen LogP contribution is 2.12. The molecule has 0 N–H and O–H groups in total.